The molecule has 1 aromatic carbocycles. The summed E-state index contributed by atoms with van der Waals surface area (Å²) in [5.74, 6) is 0.120. The summed E-state index contributed by atoms with van der Waals surface area (Å²) < 4.78 is 5.34. The zero-order valence-corrected chi connectivity index (χ0v) is 19.1. The molecule has 0 unspecified atom stereocenters. The number of carbonyl (C=O) groups excluding carboxylic acids is 2. The first kappa shape index (κ1) is 25.4. The van der Waals surface area contributed by atoms with Crippen LogP contribution >= 0.6 is 0 Å². The van der Waals surface area contributed by atoms with Crippen LogP contribution in [0.25, 0.3) is 0 Å². The molecule has 2 amide bonds. The van der Waals surface area contributed by atoms with Gasteiger partial charge in [0.05, 0.1) is 6.54 Å². The lowest BCUT2D eigenvalue weighted by Gasteiger charge is -2.21. The summed E-state index contributed by atoms with van der Waals surface area (Å²) in [5, 5.41) is 9.17. The summed E-state index contributed by atoms with van der Waals surface area (Å²) in [6, 6.07) is 8.86. The van der Waals surface area contributed by atoms with Crippen molar-refractivity contribution in [1.82, 2.24) is 15.5 Å². The normalized spacial score (nSPS) is 14.7. The minimum atomic E-state index is -0.713. The first-order valence-electron chi connectivity index (χ1n) is 11.7. The van der Waals surface area contributed by atoms with E-state index in [0.717, 1.165) is 18.8 Å². The average molecular weight is 443 g/mol. The molecule has 1 fully saturated rings. The fourth-order valence-corrected chi connectivity index (χ4v) is 4.05. The maximum Gasteiger partial charge on any atom is 0.287 e. The van der Waals surface area contributed by atoms with Gasteiger partial charge in [-0.05, 0) is 24.5 Å². The first-order valence-corrected chi connectivity index (χ1v) is 11.7. The lowest BCUT2D eigenvalue weighted by molar-refractivity contribution is -0.118. The number of aromatic nitrogens is 2. The lowest BCUT2D eigenvalue weighted by atomic mass is 9.84. The summed E-state index contributed by atoms with van der Waals surface area (Å²) in [6.07, 6.45) is 9.15. The molecule has 32 heavy (non-hydrogen) atoms. The third-order valence-electron chi connectivity index (χ3n) is 5.69. The van der Waals surface area contributed by atoms with Gasteiger partial charge in [-0.25, -0.2) is 0 Å². The highest BCUT2D eigenvalue weighted by molar-refractivity contribution is 5.93. The Kier molecular flexibility index (Phi) is 11.3. The molecule has 0 bridgehead atoms. The highest BCUT2D eigenvalue weighted by atomic mass is 16.5. The molecule has 1 aliphatic carbocycles. The van der Waals surface area contributed by atoms with Crippen molar-refractivity contribution in [3.63, 3.8) is 0 Å². The van der Waals surface area contributed by atoms with Gasteiger partial charge in [0.2, 0.25) is 5.89 Å². The molecule has 2 aromatic rings. The topological polar surface area (TPSA) is 115 Å². The summed E-state index contributed by atoms with van der Waals surface area (Å²) in [4.78, 5) is 38.7. The van der Waals surface area contributed by atoms with Crippen molar-refractivity contribution in [2.24, 2.45) is 11.1 Å². The third-order valence-corrected chi connectivity index (χ3v) is 5.69. The predicted molar refractivity (Wildman–Crippen MR) is 122 cm³/mol. The van der Waals surface area contributed by atoms with E-state index in [-0.39, 0.29) is 24.8 Å². The molecule has 1 aromatic heterocycles. The Morgan fingerprint density at radius 1 is 1.16 bits per heavy atom. The van der Waals surface area contributed by atoms with Gasteiger partial charge in [0.25, 0.3) is 11.8 Å². The zero-order chi connectivity index (χ0) is 23.2. The molecule has 1 aliphatic rings. The van der Waals surface area contributed by atoms with Crippen molar-refractivity contribution >= 4 is 11.8 Å². The lowest BCUT2D eigenvalue weighted by Crippen LogP contribution is -2.23. The van der Waals surface area contributed by atoms with Crippen LogP contribution < -0.4 is 5.32 Å². The number of nitroso groups, excluding NO2 is 1. The number of benzene rings is 1. The van der Waals surface area contributed by atoms with Crippen LogP contribution in [0.4, 0.5) is 0 Å². The van der Waals surface area contributed by atoms with Crippen LogP contribution in [-0.2, 0) is 11.3 Å². The quantitative estimate of drug-likeness (QED) is 0.483. The minimum Gasteiger partial charge on any atom is -0.345 e. The fourth-order valence-electron chi connectivity index (χ4n) is 4.05. The van der Waals surface area contributed by atoms with Crippen LogP contribution in [0.15, 0.2) is 40.0 Å². The number of carbonyl (C=O) groups is 2. The molecule has 174 valence electrons. The summed E-state index contributed by atoms with van der Waals surface area (Å²) >= 11 is 0. The van der Waals surface area contributed by atoms with E-state index >= 15 is 0 Å². The predicted octanol–water partition coefficient (Wildman–Crippen LogP) is 5.54. The van der Waals surface area contributed by atoms with E-state index in [2.05, 4.69) is 20.6 Å². The van der Waals surface area contributed by atoms with E-state index in [4.69, 9.17) is 4.52 Å². The second-order valence-electron chi connectivity index (χ2n) is 7.92. The van der Waals surface area contributed by atoms with Gasteiger partial charge in [0.1, 0.15) is 0 Å². The van der Waals surface area contributed by atoms with Gasteiger partial charge in [-0.2, -0.15) is 4.98 Å². The Bertz CT molecular complexity index is 832. The van der Waals surface area contributed by atoms with Gasteiger partial charge in [-0.3, -0.25) is 9.59 Å². The molecule has 8 nitrogen and oxygen atoms in total. The van der Waals surface area contributed by atoms with E-state index in [1.54, 1.807) is 24.3 Å². The van der Waals surface area contributed by atoms with Gasteiger partial charge in [-0.15, -0.1) is 4.91 Å². The number of hydrogen-bond donors (Lipinski definition) is 1. The molecule has 0 radical (unpaired) electrons. The Balaban J connectivity index is 0.00000176. The van der Waals surface area contributed by atoms with E-state index in [1.165, 1.54) is 32.1 Å². The van der Waals surface area contributed by atoms with Crippen molar-refractivity contribution in [2.75, 3.05) is 0 Å². The van der Waals surface area contributed by atoms with Gasteiger partial charge in [-0.1, -0.05) is 82.1 Å². The van der Waals surface area contributed by atoms with Crippen LogP contribution in [0.5, 0.6) is 0 Å². The van der Waals surface area contributed by atoms with Crippen LogP contribution in [0.1, 0.15) is 99.6 Å². The molecule has 1 saturated carbocycles. The molecular weight excluding hydrogens is 408 g/mol. The smallest absolute Gasteiger partial charge is 0.287 e. The second-order valence-corrected chi connectivity index (χ2v) is 7.92. The molecule has 8 heteroatoms. The molecule has 3 rings (SSSR count). The maximum atomic E-state index is 12.1. The van der Waals surface area contributed by atoms with Crippen LogP contribution in [0.2, 0.25) is 0 Å². The van der Waals surface area contributed by atoms with Crippen LogP contribution in [-0.4, -0.2) is 22.0 Å². The van der Waals surface area contributed by atoms with Crippen molar-refractivity contribution in [1.29, 1.82) is 0 Å². The van der Waals surface area contributed by atoms with E-state index in [9.17, 15) is 14.5 Å². The average Bonchev–Trinajstić information content (AvgIpc) is 3.33. The molecule has 1 atom stereocenters. The highest BCUT2D eigenvalue weighted by Gasteiger charge is 2.24. The van der Waals surface area contributed by atoms with Gasteiger partial charge >= 0.3 is 0 Å². The second kappa shape index (κ2) is 14.2. The zero-order valence-electron chi connectivity index (χ0n) is 19.1. The standard InChI is InChI=1S/C22H28N4O4.C2H6/c27-20(25-29)14-18(13-7-10-16-8-3-1-4-9-16)22-24-19(26-30-22)15-23-21(28)17-11-5-2-6-12-17;1-2/h2,5-6,11-12,16,18H,1,3-4,7-10,13-15H2,(H,23,28);1-2H3/t18-;/m1./s1. The highest BCUT2D eigenvalue weighted by Crippen LogP contribution is 2.31. The van der Waals surface area contributed by atoms with Crippen molar-refractivity contribution in [3.05, 3.63) is 52.5 Å². The van der Waals surface area contributed by atoms with Crippen molar-refractivity contribution < 1.29 is 14.1 Å². The third kappa shape index (κ3) is 8.32. The number of nitrogens with zero attached hydrogens (tertiary/aromatic N) is 3. The Hall–Kier alpha value is -2.90. The largest absolute Gasteiger partial charge is 0.345 e. The minimum absolute atomic E-state index is 0.0355. The molecule has 1 heterocycles. The van der Waals surface area contributed by atoms with Gasteiger partial charge in [0, 0.05) is 23.1 Å². The fraction of sp³-hybridized carbons (Fsp3) is 0.583. The maximum absolute atomic E-state index is 12.1. The van der Waals surface area contributed by atoms with E-state index < -0.39 is 5.91 Å². The Labute approximate surface area is 189 Å². The molecule has 0 spiro atoms. The summed E-state index contributed by atoms with van der Waals surface area (Å²) in [6.45, 7) is 4.12. The number of hydrogen-bond acceptors (Lipinski definition) is 6. The Morgan fingerprint density at radius 2 is 1.88 bits per heavy atom. The van der Waals surface area contributed by atoms with Crippen molar-refractivity contribution in [3.8, 4) is 0 Å². The van der Waals surface area contributed by atoms with E-state index in [0.29, 0.717) is 23.7 Å². The van der Waals surface area contributed by atoms with Gasteiger partial charge in [0.15, 0.2) is 5.82 Å². The first-order chi connectivity index (χ1) is 15.7. The molecular formula is C24H34N4O4. The monoisotopic (exact) mass is 442 g/mol. The van der Waals surface area contributed by atoms with Crippen molar-refractivity contribution in [2.45, 2.75) is 84.1 Å². The molecule has 0 aliphatic heterocycles. The van der Waals surface area contributed by atoms with E-state index in [1.807, 2.05) is 19.9 Å². The molecule has 0 saturated heterocycles. The summed E-state index contributed by atoms with van der Waals surface area (Å²) in [7, 11) is 0. The Morgan fingerprint density at radius 3 is 2.56 bits per heavy atom. The number of amides is 2. The summed E-state index contributed by atoms with van der Waals surface area (Å²) in [5.41, 5.74) is 0.546. The van der Waals surface area contributed by atoms with Crippen LogP contribution in [0.3, 0.4) is 0 Å². The van der Waals surface area contributed by atoms with Crippen LogP contribution in [0, 0.1) is 10.8 Å². The number of nitrogens with one attached hydrogen (secondary N) is 1. The SMILES string of the molecule is CC.O=NC(=O)C[C@@H](CCCC1CCCCC1)c1nc(CNC(=O)c2ccccc2)no1. The number of rotatable bonds is 10. The molecule has 1 N–H and O–H groups in total. The van der Waals surface area contributed by atoms with Gasteiger partial charge < -0.3 is 9.84 Å².